The lowest BCUT2D eigenvalue weighted by Crippen LogP contribution is -2.26. The van der Waals surface area contributed by atoms with Crippen LogP contribution in [0.1, 0.15) is 26.7 Å². The quantitative estimate of drug-likeness (QED) is 0.671. The summed E-state index contributed by atoms with van der Waals surface area (Å²) in [4.78, 5) is 15.5. The number of amides is 1. The molecule has 0 aliphatic carbocycles. The Morgan fingerprint density at radius 1 is 1.47 bits per heavy atom. The summed E-state index contributed by atoms with van der Waals surface area (Å²) in [6.07, 6.45) is 2.93. The van der Waals surface area contributed by atoms with Crippen molar-refractivity contribution in [3.8, 4) is 0 Å². The second-order valence-electron chi connectivity index (χ2n) is 4.82. The van der Waals surface area contributed by atoms with Gasteiger partial charge in [0, 0.05) is 25.7 Å². The van der Waals surface area contributed by atoms with E-state index in [1.165, 1.54) is 0 Å². The fourth-order valence-corrected chi connectivity index (χ4v) is 1.73. The van der Waals surface area contributed by atoms with Gasteiger partial charge in [-0.3, -0.25) is 4.79 Å². The van der Waals surface area contributed by atoms with Crippen LogP contribution in [0.2, 0.25) is 5.02 Å². The molecule has 6 heteroatoms. The van der Waals surface area contributed by atoms with E-state index in [0.29, 0.717) is 42.0 Å². The van der Waals surface area contributed by atoms with Crippen molar-refractivity contribution in [2.45, 2.75) is 26.7 Å². The molecule has 1 aromatic heterocycles. The lowest BCUT2D eigenvalue weighted by Gasteiger charge is -2.09. The minimum absolute atomic E-state index is 0.0964. The Balaban J connectivity index is 2.19. The molecule has 0 fully saturated rings. The Bertz CT molecular complexity index is 423. The number of halogens is 1. The summed E-state index contributed by atoms with van der Waals surface area (Å²) in [5, 5.41) is 6.50. The van der Waals surface area contributed by atoms with Gasteiger partial charge in [-0.25, -0.2) is 4.98 Å². The average molecular weight is 285 g/mol. The fraction of sp³-hybridized carbons (Fsp3) is 0.538. The molecule has 106 valence electrons. The van der Waals surface area contributed by atoms with Crippen LogP contribution in [0.3, 0.4) is 0 Å². The maximum atomic E-state index is 11.4. The molecule has 0 aliphatic rings. The highest BCUT2D eigenvalue weighted by Crippen LogP contribution is 2.18. The SMILES string of the molecule is CC(C)CC(=O)NCCCNc1ncc(Cl)cc1N. The molecular weight excluding hydrogens is 264 g/mol. The third-order valence-corrected chi connectivity index (χ3v) is 2.65. The predicted octanol–water partition coefficient (Wildman–Crippen LogP) is 2.28. The number of carbonyl (C=O) groups excluding carboxylic acids is 1. The minimum Gasteiger partial charge on any atom is -0.396 e. The van der Waals surface area contributed by atoms with E-state index in [0.717, 1.165) is 6.42 Å². The number of hydrogen-bond donors (Lipinski definition) is 3. The van der Waals surface area contributed by atoms with Gasteiger partial charge in [-0.05, 0) is 18.4 Å². The number of rotatable bonds is 7. The van der Waals surface area contributed by atoms with Gasteiger partial charge in [0.25, 0.3) is 0 Å². The van der Waals surface area contributed by atoms with E-state index >= 15 is 0 Å². The van der Waals surface area contributed by atoms with Gasteiger partial charge in [-0.15, -0.1) is 0 Å². The van der Waals surface area contributed by atoms with E-state index in [1.54, 1.807) is 12.3 Å². The number of aromatic nitrogens is 1. The van der Waals surface area contributed by atoms with Crippen molar-refractivity contribution in [1.29, 1.82) is 0 Å². The molecule has 0 bridgehead atoms. The van der Waals surface area contributed by atoms with E-state index in [9.17, 15) is 4.79 Å². The van der Waals surface area contributed by atoms with Crippen LogP contribution in [0, 0.1) is 5.92 Å². The van der Waals surface area contributed by atoms with E-state index in [1.807, 2.05) is 13.8 Å². The van der Waals surface area contributed by atoms with Crippen LogP contribution in [-0.2, 0) is 4.79 Å². The van der Waals surface area contributed by atoms with Crippen LogP contribution in [0.4, 0.5) is 11.5 Å². The van der Waals surface area contributed by atoms with Crippen molar-refractivity contribution in [3.63, 3.8) is 0 Å². The second kappa shape index (κ2) is 7.84. The zero-order valence-corrected chi connectivity index (χ0v) is 12.1. The van der Waals surface area contributed by atoms with Gasteiger partial charge >= 0.3 is 0 Å². The summed E-state index contributed by atoms with van der Waals surface area (Å²) in [5.74, 6) is 1.10. The Hall–Kier alpha value is -1.49. The standard InChI is InChI=1S/C13H21ClN4O/c1-9(2)6-12(19)16-4-3-5-17-13-11(15)7-10(14)8-18-13/h7-9H,3-6,15H2,1-2H3,(H,16,19)(H,17,18). The van der Waals surface area contributed by atoms with Crippen LogP contribution < -0.4 is 16.4 Å². The Labute approximate surface area is 118 Å². The molecule has 1 rings (SSSR count). The third kappa shape index (κ3) is 6.29. The summed E-state index contributed by atoms with van der Waals surface area (Å²) >= 11 is 5.76. The first-order valence-electron chi connectivity index (χ1n) is 6.40. The summed E-state index contributed by atoms with van der Waals surface area (Å²) in [7, 11) is 0. The number of anilines is 2. The lowest BCUT2D eigenvalue weighted by molar-refractivity contribution is -0.121. The van der Waals surface area contributed by atoms with Crippen LogP contribution >= 0.6 is 11.6 Å². The number of hydrogen-bond acceptors (Lipinski definition) is 4. The highest BCUT2D eigenvalue weighted by atomic mass is 35.5. The van der Waals surface area contributed by atoms with Gasteiger partial charge in [0.1, 0.15) is 5.82 Å². The van der Waals surface area contributed by atoms with Crippen molar-refractivity contribution in [3.05, 3.63) is 17.3 Å². The predicted molar refractivity (Wildman–Crippen MR) is 79.2 cm³/mol. The Morgan fingerprint density at radius 2 is 2.21 bits per heavy atom. The van der Waals surface area contributed by atoms with Crippen molar-refractivity contribution < 1.29 is 4.79 Å². The van der Waals surface area contributed by atoms with E-state index in [4.69, 9.17) is 17.3 Å². The van der Waals surface area contributed by atoms with Gasteiger partial charge < -0.3 is 16.4 Å². The van der Waals surface area contributed by atoms with Gasteiger partial charge in [0.15, 0.2) is 0 Å². The molecule has 0 unspecified atom stereocenters. The average Bonchev–Trinajstić information content (AvgIpc) is 2.30. The molecule has 0 aliphatic heterocycles. The number of pyridine rings is 1. The largest absolute Gasteiger partial charge is 0.396 e. The number of nitrogens with one attached hydrogen (secondary N) is 2. The highest BCUT2D eigenvalue weighted by Gasteiger charge is 2.04. The number of nitrogen functional groups attached to an aromatic ring is 1. The van der Waals surface area contributed by atoms with E-state index < -0.39 is 0 Å². The molecule has 19 heavy (non-hydrogen) atoms. The number of nitrogens with zero attached hydrogens (tertiary/aromatic N) is 1. The van der Waals surface area contributed by atoms with Crippen molar-refractivity contribution in [2.24, 2.45) is 5.92 Å². The maximum Gasteiger partial charge on any atom is 0.220 e. The zero-order chi connectivity index (χ0) is 14.3. The summed E-state index contributed by atoms with van der Waals surface area (Å²) in [6, 6.07) is 1.65. The molecule has 0 aromatic carbocycles. The first-order chi connectivity index (χ1) is 8.99. The molecule has 0 atom stereocenters. The molecule has 0 radical (unpaired) electrons. The van der Waals surface area contributed by atoms with Crippen molar-refractivity contribution >= 4 is 29.0 Å². The van der Waals surface area contributed by atoms with Crippen molar-refractivity contribution in [2.75, 3.05) is 24.1 Å². The Kier molecular flexibility index (Phi) is 6.42. The normalized spacial score (nSPS) is 10.5. The highest BCUT2D eigenvalue weighted by molar-refractivity contribution is 6.30. The summed E-state index contributed by atoms with van der Waals surface area (Å²) < 4.78 is 0. The lowest BCUT2D eigenvalue weighted by atomic mass is 10.1. The monoisotopic (exact) mass is 284 g/mol. The molecule has 0 spiro atoms. The molecule has 1 heterocycles. The van der Waals surface area contributed by atoms with Crippen molar-refractivity contribution in [1.82, 2.24) is 10.3 Å². The molecule has 0 saturated carbocycles. The zero-order valence-electron chi connectivity index (χ0n) is 11.4. The molecule has 0 saturated heterocycles. The number of nitrogens with two attached hydrogens (primary N) is 1. The second-order valence-corrected chi connectivity index (χ2v) is 5.26. The van der Waals surface area contributed by atoms with Crippen LogP contribution in [0.5, 0.6) is 0 Å². The molecule has 1 amide bonds. The first kappa shape index (κ1) is 15.6. The van der Waals surface area contributed by atoms with E-state index in [2.05, 4.69) is 15.6 Å². The maximum absolute atomic E-state index is 11.4. The molecule has 5 nitrogen and oxygen atoms in total. The van der Waals surface area contributed by atoms with Gasteiger partial charge in [0.2, 0.25) is 5.91 Å². The number of carbonyl (C=O) groups is 1. The van der Waals surface area contributed by atoms with Gasteiger partial charge in [-0.2, -0.15) is 0 Å². The van der Waals surface area contributed by atoms with Crippen LogP contribution in [0.25, 0.3) is 0 Å². The molecule has 4 N–H and O–H groups in total. The minimum atomic E-state index is 0.0964. The summed E-state index contributed by atoms with van der Waals surface area (Å²) in [5.41, 5.74) is 6.28. The summed E-state index contributed by atoms with van der Waals surface area (Å²) in [6.45, 7) is 5.39. The topological polar surface area (TPSA) is 80.0 Å². The molecule has 1 aromatic rings. The Morgan fingerprint density at radius 3 is 2.84 bits per heavy atom. The first-order valence-corrected chi connectivity index (χ1v) is 6.78. The third-order valence-electron chi connectivity index (χ3n) is 2.45. The smallest absolute Gasteiger partial charge is 0.220 e. The van der Waals surface area contributed by atoms with Gasteiger partial charge in [-0.1, -0.05) is 25.4 Å². The molecular formula is C13H21ClN4O. The van der Waals surface area contributed by atoms with E-state index in [-0.39, 0.29) is 5.91 Å². The van der Waals surface area contributed by atoms with Gasteiger partial charge in [0.05, 0.1) is 10.7 Å². The fourth-order valence-electron chi connectivity index (χ4n) is 1.57. The van der Waals surface area contributed by atoms with Crippen LogP contribution in [0.15, 0.2) is 12.3 Å². The van der Waals surface area contributed by atoms with Crippen LogP contribution in [-0.4, -0.2) is 24.0 Å².